The van der Waals surface area contributed by atoms with Gasteiger partial charge in [0.1, 0.15) is 5.01 Å². The highest BCUT2D eigenvalue weighted by Gasteiger charge is 2.16. The zero-order valence-corrected chi connectivity index (χ0v) is 18.7. The van der Waals surface area contributed by atoms with Crippen LogP contribution in [0.1, 0.15) is 37.7 Å². The molecule has 6 nitrogen and oxygen atoms in total. The lowest BCUT2D eigenvalue weighted by Crippen LogP contribution is -2.05. The highest BCUT2D eigenvalue weighted by molar-refractivity contribution is 7.19. The van der Waals surface area contributed by atoms with E-state index in [0.717, 1.165) is 38.7 Å². The molecule has 4 aromatic rings. The van der Waals surface area contributed by atoms with Crippen molar-refractivity contribution in [3.63, 3.8) is 0 Å². The standard InChI is InChI=1S/C13H11N5S.C9H16BN/c1-8-5-9(6-10-7-17(2)15-11(8)10)12-16-18-4-3-14-13(18)19-12;1-10(8-11)7-6-9-4-2-3-5-9/h3-7H,1-2H3;9H,2-7H2,1H3. The summed E-state index contributed by atoms with van der Waals surface area (Å²) in [6.07, 6.45) is 13.7. The van der Waals surface area contributed by atoms with Crippen LogP contribution in [0.4, 0.5) is 0 Å². The molecule has 0 bridgehead atoms. The predicted octanol–water partition coefficient (Wildman–Crippen LogP) is 5.41. The molecule has 30 heavy (non-hydrogen) atoms. The number of nitriles is 1. The molecule has 0 unspecified atom stereocenters. The summed E-state index contributed by atoms with van der Waals surface area (Å²) in [4.78, 5) is 5.17. The molecule has 1 aliphatic carbocycles. The molecule has 0 radical (unpaired) electrons. The topological polar surface area (TPSA) is 71.8 Å². The van der Waals surface area contributed by atoms with Gasteiger partial charge in [-0.1, -0.05) is 56.6 Å². The predicted molar refractivity (Wildman–Crippen MR) is 124 cm³/mol. The molecule has 1 fully saturated rings. The van der Waals surface area contributed by atoms with E-state index in [2.05, 4.69) is 40.2 Å². The normalized spacial score (nSPS) is 14.1. The fraction of sp³-hybridized carbons (Fsp3) is 0.455. The van der Waals surface area contributed by atoms with Crippen LogP contribution in [-0.2, 0) is 7.05 Å². The van der Waals surface area contributed by atoms with Crippen LogP contribution in [0.25, 0.3) is 26.4 Å². The van der Waals surface area contributed by atoms with E-state index in [9.17, 15) is 0 Å². The number of rotatable bonds is 4. The van der Waals surface area contributed by atoms with Crippen LogP contribution in [0, 0.1) is 24.1 Å². The molecule has 5 rings (SSSR count). The lowest BCUT2D eigenvalue weighted by molar-refractivity contribution is 0.529. The van der Waals surface area contributed by atoms with E-state index in [4.69, 9.17) is 5.26 Å². The molecule has 0 spiro atoms. The van der Waals surface area contributed by atoms with Gasteiger partial charge >= 0.3 is 0 Å². The number of hydrogen-bond acceptors (Lipinski definition) is 5. The molecular weight excluding hydrogens is 391 g/mol. The number of fused-ring (bicyclic) bond motifs is 2. The van der Waals surface area contributed by atoms with Gasteiger partial charge in [-0.25, -0.2) is 14.8 Å². The van der Waals surface area contributed by atoms with Crippen LogP contribution in [0.2, 0.25) is 13.1 Å². The molecule has 1 saturated carbocycles. The van der Waals surface area contributed by atoms with Crippen LogP contribution in [0.5, 0.6) is 0 Å². The third kappa shape index (κ3) is 4.57. The molecule has 8 heteroatoms. The Morgan fingerprint density at radius 1 is 1.27 bits per heavy atom. The molecule has 3 heterocycles. The third-order valence-corrected chi connectivity index (χ3v) is 6.82. The van der Waals surface area contributed by atoms with Gasteiger partial charge in [0, 0.05) is 36.4 Å². The van der Waals surface area contributed by atoms with Gasteiger partial charge in [-0.2, -0.15) is 10.2 Å². The Kier molecular flexibility index (Phi) is 6.19. The van der Waals surface area contributed by atoms with Crippen LogP contribution in [-0.4, -0.2) is 31.1 Å². The summed E-state index contributed by atoms with van der Waals surface area (Å²) >= 11 is 1.59. The smallest absolute Gasteiger partial charge is 0.264 e. The average Bonchev–Trinajstić information content (AvgIpc) is 3.49. The van der Waals surface area contributed by atoms with Crippen LogP contribution < -0.4 is 0 Å². The molecule has 1 aliphatic rings. The van der Waals surface area contributed by atoms with Gasteiger partial charge in [0.2, 0.25) is 4.96 Å². The maximum atomic E-state index is 8.56. The van der Waals surface area contributed by atoms with Crippen molar-refractivity contribution < 1.29 is 0 Å². The van der Waals surface area contributed by atoms with Gasteiger partial charge in [-0.15, -0.1) is 0 Å². The van der Waals surface area contributed by atoms with Gasteiger partial charge in [0.25, 0.3) is 6.71 Å². The fourth-order valence-corrected chi connectivity index (χ4v) is 5.00. The van der Waals surface area contributed by atoms with Gasteiger partial charge < -0.3 is 0 Å². The van der Waals surface area contributed by atoms with Crippen molar-refractivity contribution in [2.24, 2.45) is 13.0 Å². The van der Waals surface area contributed by atoms with Gasteiger partial charge in [0.15, 0.2) is 0 Å². The second-order valence-electron chi connectivity index (χ2n) is 8.35. The summed E-state index contributed by atoms with van der Waals surface area (Å²) in [6.45, 7) is 4.38. The Hall–Kier alpha value is -2.66. The third-order valence-electron chi connectivity index (χ3n) is 5.84. The van der Waals surface area contributed by atoms with E-state index in [0.29, 0.717) is 0 Å². The van der Waals surface area contributed by atoms with E-state index in [-0.39, 0.29) is 6.71 Å². The van der Waals surface area contributed by atoms with Crippen molar-refractivity contribution in [2.75, 3.05) is 0 Å². The minimum atomic E-state index is 0.274. The number of benzene rings is 1. The summed E-state index contributed by atoms with van der Waals surface area (Å²) in [7, 11) is 1.94. The number of nitrogens with zero attached hydrogens (tertiary/aromatic N) is 6. The maximum Gasteiger partial charge on any atom is 0.264 e. The summed E-state index contributed by atoms with van der Waals surface area (Å²) in [5.41, 5.74) is 3.34. The molecule has 0 saturated heterocycles. The van der Waals surface area contributed by atoms with Gasteiger partial charge in [-0.3, -0.25) is 4.68 Å². The first kappa shape index (κ1) is 20.6. The van der Waals surface area contributed by atoms with E-state index in [1.165, 1.54) is 37.7 Å². The highest BCUT2D eigenvalue weighted by atomic mass is 32.1. The number of imidazole rings is 1. The molecule has 0 N–H and O–H groups in total. The van der Waals surface area contributed by atoms with Crippen LogP contribution in [0.3, 0.4) is 0 Å². The minimum absolute atomic E-state index is 0.274. The van der Waals surface area contributed by atoms with Crippen molar-refractivity contribution in [3.8, 4) is 16.5 Å². The average molecular weight is 418 g/mol. The largest absolute Gasteiger partial charge is 0.275 e. The van der Waals surface area contributed by atoms with E-state index < -0.39 is 0 Å². The second-order valence-corrected chi connectivity index (χ2v) is 9.31. The molecule has 1 aromatic carbocycles. The molecule has 0 amide bonds. The van der Waals surface area contributed by atoms with E-state index in [1.54, 1.807) is 17.5 Å². The lowest BCUT2D eigenvalue weighted by atomic mass is 9.50. The molecule has 0 atom stereocenters. The monoisotopic (exact) mass is 418 g/mol. The Bertz CT molecular complexity index is 1150. The second kappa shape index (κ2) is 9.01. The Morgan fingerprint density at radius 2 is 2.07 bits per heavy atom. The quantitative estimate of drug-likeness (QED) is 0.416. The highest BCUT2D eigenvalue weighted by Crippen LogP contribution is 2.30. The van der Waals surface area contributed by atoms with E-state index in [1.807, 2.05) is 35.5 Å². The van der Waals surface area contributed by atoms with Crippen molar-refractivity contribution in [1.82, 2.24) is 24.4 Å². The van der Waals surface area contributed by atoms with E-state index >= 15 is 0 Å². The van der Waals surface area contributed by atoms with Crippen molar-refractivity contribution in [2.45, 2.75) is 52.2 Å². The van der Waals surface area contributed by atoms with Crippen LogP contribution in [0.15, 0.2) is 30.7 Å². The molecule has 3 aromatic heterocycles. The number of aromatic nitrogens is 5. The first-order valence-electron chi connectivity index (χ1n) is 10.7. The first-order chi connectivity index (χ1) is 14.5. The van der Waals surface area contributed by atoms with Gasteiger partial charge in [0.05, 0.1) is 11.7 Å². The van der Waals surface area contributed by atoms with Crippen LogP contribution >= 0.6 is 11.3 Å². The molecular formula is C22H27BN6S. The lowest BCUT2D eigenvalue weighted by Gasteiger charge is -2.06. The SMILES string of the molecule is CB(C#N)CCC1CCCC1.Cc1cc(-c2nn3ccnc3s2)cc2cn(C)nc12. The van der Waals surface area contributed by atoms with Crippen molar-refractivity contribution in [3.05, 3.63) is 36.3 Å². The summed E-state index contributed by atoms with van der Waals surface area (Å²) in [5, 5.41) is 19.7. The Labute approximate surface area is 181 Å². The summed E-state index contributed by atoms with van der Waals surface area (Å²) < 4.78 is 3.65. The molecule has 0 aliphatic heterocycles. The Balaban J connectivity index is 0.000000170. The summed E-state index contributed by atoms with van der Waals surface area (Å²) in [6, 6.07) is 4.27. The summed E-state index contributed by atoms with van der Waals surface area (Å²) in [5.74, 6) is 3.24. The van der Waals surface area contributed by atoms with Crippen molar-refractivity contribution >= 4 is 33.9 Å². The maximum absolute atomic E-state index is 8.56. The zero-order chi connectivity index (χ0) is 21.1. The van der Waals surface area contributed by atoms with Crippen molar-refractivity contribution in [1.29, 1.82) is 5.26 Å². The molecule has 154 valence electrons. The minimum Gasteiger partial charge on any atom is -0.275 e. The van der Waals surface area contributed by atoms with Gasteiger partial charge in [-0.05, 0) is 30.5 Å². The fourth-order valence-electron chi connectivity index (χ4n) is 4.16. The number of hydrogen-bond donors (Lipinski definition) is 0. The number of aryl methyl sites for hydroxylation is 2. The first-order valence-corrected chi connectivity index (χ1v) is 11.5. The zero-order valence-electron chi connectivity index (χ0n) is 17.9. The Morgan fingerprint density at radius 3 is 2.80 bits per heavy atom.